The Bertz CT molecular complexity index is 889. The molecule has 0 aliphatic heterocycles. The number of hydrogen-bond donors (Lipinski definition) is 2. The smallest absolute Gasteiger partial charge is 0.256 e. The third kappa shape index (κ3) is 4.53. The molecule has 2 aromatic carbocycles. The van der Waals surface area contributed by atoms with Gasteiger partial charge >= 0.3 is 0 Å². The zero-order chi connectivity index (χ0) is 17.6. The number of nitrogens with one attached hydrogen (secondary N) is 2. The maximum atomic E-state index is 12.9. The molecule has 0 aliphatic rings. The number of benzene rings is 2. The van der Waals surface area contributed by atoms with Crippen molar-refractivity contribution in [1.29, 1.82) is 0 Å². The molecule has 4 nitrogen and oxygen atoms in total. The van der Waals surface area contributed by atoms with E-state index in [1.54, 1.807) is 12.1 Å². The highest BCUT2D eigenvalue weighted by Gasteiger charge is 2.09. The fraction of sp³-hybridized carbons (Fsp3) is 0.200. The van der Waals surface area contributed by atoms with Gasteiger partial charge in [0.05, 0.1) is 5.69 Å². The van der Waals surface area contributed by atoms with Crippen molar-refractivity contribution in [1.82, 2.24) is 9.97 Å². The third-order valence-electron chi connectivity index (χ3n) is 4.07. The molecule has 1 aromatic heterocycles. The van der Waals surface area contributed by atoms with Crippen LogP contribution in [-0.2, 0) is 12.8 Å². The van der Waals surface area contributed by atoms with Gasteiger partial charge in [-0.3, -0.25) is 9.78 Å². The minimum Gasteiger partial charge on any atom is -0.355 e. The van der Waals surface area contributed by atoms with Crippen molar-refractivity contribution in [3.8, 4) is 0 Å². The number of H-pyrrole nitrogens is 1. The van der Waals surface area contributed by atoms with Crippen LogP contribution in [-0.4, -0.2) is 16.5 Å². The minimum atomic E-state index is -0.243. The lowest BCUT2D eigenvalue weighted by molar-refractivity contribution is 0.627. The molecular weight excluding hydrogens is 317 g/mol. The number of hydrogen-bond acceptors (Lipinski definition) is 3. The number of halogens is 1. The highest BCUT2D eigenvalue weighted by molar-refractivity contribution is 5.33. The van der Waals surface area contributed by atoms with Crippen LogP contribution < -0.4 is 10.9 Å². The Labute approximate surface area is 145 Å². The molecule has 128 valence electrons. The van der Waals surface area contributed by atoms with E-state index in [1.165, 1.54) is 12.1 Å². The Kier molecular flexibility index (Phi) is 5.23. The fourth-order valence-corrected chi connectivity index (χ4v) is 2.68. The largest absolute Gasteiger partial charge is 0.355 e. The quantitative estimate of drug-likeness (QED) is 0.724. The number of aryl methyl sites for hydroxylation is 1. The molecule has 25 heavy (non-hydrogen) atoms. The van der Waals surface area contributed by atoms with Crippen molar-refractivity contribution >= 4 is 5.95 Å². The second-order valence-electron chi connectivity index (χ2n) is 5.94. The van der Waals surface area contributed by atoms with E-state index in [1.807, 2.05) is 37.3 Å². The first-order valence-electron chi connectivity index (χ1n) is 8.24. The van der Waals surface area contributed by atoms with E-state index in [-0.39, 0.29) is 11.4 Å². The molecule has 0 bridgehead atoms. The zero-order valence-corrected chi connectivity index (χ0v) is 14.1. The molecule has 1 heterocycles. The Morgan fingerprint density at radius 1 is 1.04 bits per heavy atom. The molecule has 0 aliphatic carbocycles. The number of nitrogens with zero attached hydrogens (tertiary/aromatic N) is 1. The summed E-state index contributed by atoms with van der Waals surface area (Å²) in [4.78, 5) is 19.6. The van der Waals surface area contributed by atoms with Gasteiger partial charge < -0.3 is 5.32 Å². The first kappa shape index (κ1) is 16.9. The highest BCUT2D eigenvalue weighted by atomic mass is 19.1. The standard InChI is InChI=1S/C20H20FN3O/c1-14-18(13-16-5-3-2-4-6-16)19(25)24-20(23-14)22-12-11-15-7-9-17(21)10-8-15/h2-10H,11-13H2,1H3,(H2,22,23,24,25). The van der Waals surface area contributed by atoms with Gasteiger partial charge in [0, 0.05) is 18.5 Å². The summed E-state index contributed by atoms with van der Waals surface area (Å²) in [5.41, 5.74) is 3.37. The van der Waals surface area contributed by atoms with Gasteiger partial charge in [0.25, 0.3) is 5.56 Å². The number of rotatable bonds is 6. The average molecular weight is 337 g/mol. The summed E-state index contributed by atoms with van der Waals surface area (Å²) in [5.74, 6) is 0.216. The molecule has 0 atom stereocenters. The molecule has 2 N–H and O–H groups in total. The van der Waals surface area contributed by atoms with E-state index in [0.717, 1.165) is 23.2 Å². The maximum absolute atomic E-state index is 12.9. The van der Waals surface area contributed by atoms with Gasteiger partial charge in [-0.2, -0.15) is 0 Å². The van der Waals surface area contributed by atoms with Crippen LogP contribution in [0.4, 0.5) is 10.3 Å². The van der Waals surface area contributed by atoms with Gasteiger partial charge in [-0.25, -0.2) is 9.37 Å². The van der Waals surface area contributed by atoms with Crippen molar-refractivity contribution in [2.24, 2.45) is 0 Å². The van der Waals surface area contributed by atoms with E-state index in [0.29, 0.717) is 24.5 Å². The Balaban J connectivity index is 1.65. The van der Waals surface area contributed by atoms with Crippen LogP contribution in [0.15, 0.2) is 59.4 Å². The van der Waals surface area contributed by atoms with Crippen LogP contribution in [0.1, 0.15) is 22.4 Å². The van der Waals surface area contributed by atoms with Crippen LogP contribution in [0.3, 0.4) is 0 Å². The van der Waals surface area contributed by atoms with Gasteiger partial charge in [0.1, 0.15) is 5.82 Å². The second-order valence-corrected chi connectivity index (χ2v) is 5.94. The Morgan fingerprint density at radius 2 is 1.76 bits per heavy atom. The van der Waals surface area contributed by atoms with Crippen LogP contribution >= 0.6 is 0 Å². The summed E-state index contributed by atoms with van der Waals surface area (Å²) < 4.78 is 12.9. The van der Waals surface area contributed by atoms with Crippen molar-refractivity contribution in [3.05, 3.63) is 93.2 Å². The zero-order valence-electron chi connectivity index (χ0n) is 14.1. The monoisotopic (exact) mass is 337 g/mol. The Morgan fingerprint density at radius 3 is 2.44 bits per heavy atom. The molecule has 0 saturated heterocycles. The lowest BCUT2D eigenvalue weighted by Crippen LogP contribution is -2.20. The van der Waals surface area contributed by atoms with Gasteiger partial charge in [-0.1, -0.05) is 42.5 Å². The maximum Gasteiger partial charge on any atom is 0.256 e. The van der Waals surface area contributed by atoms with Crippen LogP contribution in [0.5, 0.6) is 0 Å². The first-order valence-corrected chi connectivity index (χ1v) is 8.24. The van der Waals surface area contributed by atoms with E-state index in [4.69, 9.17) is 0 Å². The summed E-state index contributed by atoms with van der Waals surface area (Å²) in [7, 11) is 0. The molecule has 0 saturated carbocycles. The fourth-order valence-electron chi connectivity index (χ4n) is 2.68. The summed E-state index contributed by atoms with van der Waals surface area (Å²) in [6.45, 7) is 2.45. The molecule has 3 rings (SSSR count). The number of anilines is 1. The normalized spacial score (nSPS) is 10.6. The molecule has 0 fully saturated rings. The predicted octanol–water partition coefficient (Wildman–Crippen LogP) is 3.46. The van der Waals surface area contributed by atoms with Crippen LogP contribution in [0, 0.1) is 12.7 Å². The molecular formula is C20H20FN3O. The van der Waals surface area contributed by atoms with Crippen molar-refractivity contribution in [2.45, 2.75) is 19.8 Å². The van der Waals surface area contributed by atoms with Gasteiger partial charge in [0.2, 0.25) is 5.95 Å². The summed E-state index contributed by atoms with van der Waals surface area (Å²) in [6.07, 6.45) is 1.28. The third-order valence-corrected chi connectivity index (χ3v) is 4.07. The summed E-state index contributed by atoms with van der Waals surface area (Å²) in [6, 6.07) is 16.2. The van der Waals surface area contributed by atoms with Crippen LogP contribution in [0.25, 0.3) is 0 Å². The SMILES string of the molecule is Cc1nc(NCCc2ccc(F)cc2)[nH]c(=O)c1Cc1ccccc1. The highest BCUT2D eigenvalue weighted by Crippen LogP contribution is 2.10. The summed E-state index contributed by atoms with van der Waals surface area (Å²) >= 11 is 0. The lowest BCUT2D eigenvalue weighted by Gasteiger charge is -2.09. The lowest BCUT2D eigenvalue weighted by atomic mass is 10.1. The molecule has 0 radical (unpaired) electrons. The van der Waals surface area contributed by atoms with Crippen molar-refractivity contribution < 1.29 is 4.39 Å². The topological polar surface area (TPSA) is 57.8 Å². The molecule has 3 aromatic rings. The van der Waals surface area contributed by atoms with E-state index < -0.39 is 0 Å². The molecule has 5 heteroatoms. The van der Waals surface area contributed by atoms with Gasteiger partial charge in [0.15, 0.2) is 0 Å². The second kappa shape index (κ2) is 7.75. The predicted molar refractivity (Wildman–Crippen MR) is 97.4 cm³/mol. The number of aromatic nitrogens is 2. The van der Waals surface area contributed by atoms with Gasteiger partial charge in [-0.15, -0.1) is 0 Å². The van der Waals surface area contributed by atoms with Crippen molar-refractivity contribution in [3.63, 3.8) is 0 Å². The number of aromatic amines is 1. The van der Waals surface area contributed by atoms with Crippen molar-refractivity contribution in [2.75, 3.05) is 11.9 Å². The van der Waals surface area contributed by atoms with E-state index >= 15 is 0 Å². The van der Waals surface area contributed by atoms with E-state index in [2.05, 4.69) is 15.3 Å². The molecule has 0 amide bonds. The average Bonchev–Trinajstić information content (AvgIpc) is 2.61. The molecule has 0 spiro atoms. The van der Waals surface area contributed by atoms with Gasteiger partial charge in [-0.05, 0) is 36.6 Å². The Hall–Kier alpha value is -2.95. The van der Waals surface area contributed by atoms with E-state index in [9.17, 15) is 9.18 Å². The minimum absolute atomic E-state index is 0.124. The first-order chi connectivity index (χ1) is 12.1. The van der Waals surface area contributed by atoms with Crippen LogP contribution in [0.2, 0.25) is 0 Å². The molecule has 0 unspecified atom stereocenters. The summed E-state index contributed by atoms with van der Waals surface area (Å²) in [5, 5.41) is 3.12.